The van der Waals surface area contributed by atoms with Crippen LogP contribution < -0.4 is 20.1 Å². The van der Waals surface area contributed by atoms with E-state index in [1.807, 2.05) is 24.3 Å². The zero-order chi connectivity index (χ0) is 38.4. The van der Waals surface area contributed by atoms with Crippen LogP contribution in [0.4, 0.5) is 4.79 Å². The Hall–Kier alpha value is -4.62. The van der Waals surface area contributed by atoms with Crippen LogP contribution in [0.2, 0.25) is 15.1 Å². The molecule has 53 heavy (non-hydrogen) atoms. The van der Waals surface area contributed by atoms with Crippen LogP contribution in [-0.4, -0.2) is 76.9 Å². The van der Waals surface area contributed by atoms with Crippen LogP contribution in [-0.2, 0) is 27.4 Å². The third kappa shape index (κ3) is 9.68. The third-order valence-corrected chi connectivity index (χ3v) is 9.48. The molecule has 15 heteroatoms. The second-order valence-corrected chi connectivity index (χ2v) is 14.5. The molecule has 3 N–H and O–H groups in total. The van der Waals surface area contributed by atoms with Crippen LogP contribution in [0.15, 0.2) is 54.7 Å². The van der Waals surface area contributed by atoms with E-state index in [4.69, 9.17) is 59.1 Å². The molecule has 12 nitrogen and oxygen atoms in total. The molecule has 0 aliphatic carbocycles. The van der Waals surface area contributed by atoms with Gasteiger partial charge in [-0.25, -0.2) is 9.78 Å². The summed E-state index contributed by atoms with van der Waals surface area (Å²) in [6.45, 7) is 5.68. The molecule has 1 fully saturated rings. The minimum Gasteiger partial charge on any atom is -0.496 e. The standard InChI is InChI=1S/C38H40Cl3N5O7/c1-38(2,3)53-37(50)46(19-23-11-12-31(47)44-23)20-27-28(39)16-29(45-36(27)52-5)26-8-6-7-24(33(26)40)25-13-14-43-35(34(25)41)21-9-10-22(30(15-21)51-4)17-42-18-32(48)49/h6-10,13-16,23,42H,11-12,17-20H2,1-5H3,(H,44,47)(H,48,49)/t23-/m0/s1. The van der Waals surface area contributed by atoms with Crippen molar-refractivity contribution < 1.29 is 33.7 Å². The number of aliphatic carboxylic acids is 1. The zero-order valence-electron chi connectivity index (χ0n) is 29.9. The lowest BCUT2D eigenvalue weighted by Crippen LogP contribution is -2.43. The molecule has 1 aliphatic heterocycles. The molecular formula is C38H40Cl3N5O7. The number of carboxylic acid groups (broad SMARTS) is 1. The summed E-state index contributed by atoms with van der Waals surface area (Å²) >= 11 is 21.0. The fraction of sp³-hybridized carbons (Fsp3) is 0.342. The minimum atomic E-state index is -0.957. The summed E-state index contributed by atoms with van der Waals surface area (Å²) < 4.78 is 17.0. The predicted octanol–water partition coefficient (Wildman–Crippen LogP) is 7.64. The summed E-state index contributed by atoms with van der Waals surface area (Å²) in [4.78, 5) is 46.9. The number of aromatic nitrogens is 2. The molecule has 0 bridgehead atoms. The lowest BCUT2D eigenvalue weighted by atomic mass is 9.99. The monoisotopic (exact) mass is 783 g/mol. The number of carbonyl (C=O) groups excluding carboxylic acids is 2. The van der Waals surface area contributed by atoms with Gasteiger partial charge in [-0.2, -0.15) is 0 Å². The molecule has 2 aromatic carbocycles. The highest BCUT2D eigenvalue weighted by Crippen LogP contribution is 2.43. The van der Waals surface area contributed by atoms with E-state index in [1.165, 1.54) is 19.1 Å². The molecule has 0 saturated carbocycles. The van der Waals surface area contributed by atoms with Crippen molar-refractivity contribution in [2.24, 2.45) is 0 Å². The molecule has 280 valence electrons. The number of ether oxygens (including phenoxy) is 3. The number of pyridine rings is 2. The second-order valence-electron chi connectivity index (χ2n) is 13.4. The van der Waals surface area contributed by atoms with E-state index >= 15 is 0 Å². The lowest BCUT2D eigenvalue weighted by Gasteiger charge is -2.29. The van der Waals surface area contributed by atoms with Crippen LogP contribution in [0, 0.1) is 0 Å². The summed E-state index contributed by atoms with van der Waals surface area (Å²) in [6, 6.07) is 14.1. The molecule has 0 spiro atoms. The first-order chi connectivity index (χ1) is 25.2. The smallest absolute Gasteiger partial charge is 0.410 e. The summed E-state index contributed by atoms with van der Waals surface area (Å²) in [5.41, 5.74) is 3.89. The largest absolute Gasteiger partial charge is 0.496 e. The molecule has 2 amide bonds. The number of methoxy groups -OCH3 is 2. The number of hydrogen-bond donors (Lipinski definition) is 3. The van der Waals surface area contributed by atoms with E-state index in [-0.39, 0.29) is 42.5 Å². The number of rotatable bonds is 13. The highest BCUT2D eigenvalue weighted by atomic mass is 35.5. The average Bonchev–Trinajstić information content (AvgIpc) is 3.52. The number of hydrogen-bond acceptors (Lipinski definition) is 9. The Morgan fingerprint density at radius 2 is 1.75 bits per heavy atom. The molecule has 5 rings (SSSR count). The van der Waals surface area contributed by atoms with Crippen molar-refractivity contribution >= 4 is 52.8 Å². The van der Waals surface area contributed by atoms with Gasteiger partial charge < -0.3 is 34.9 Å². The zero-order valence-corrected chi connectivity index (χ0v) is 32.2. The minimum absolute atomic E-state index is 0.0182. The number of benzene rings is 2. The first kappa shape index (κ1) is 39.6. The molecular weight excluding hydrogens is 745 g/mol. The van der Waals surface area contributed by atoms with Gasteiger partial charge in [0.2, 0.25) is 11.8 Å². The quantitative estimate of drug-likeness (QED) is 0.123. The number of carboxylic acids is 1. The van der Waals surface area contributed by atoms with Gasteiger partial charge in [0.1, 0.15) is 11.4 Å². The van der Waals surface area contributed by atoms with Crippen molar-refractivity contribution in [3.05, 3.63) is 80.9 Å². The van der Waals surface area contributed by atoms with Crippen molar-refractivity contribution in [1.82, 2.24) is 25.5 Å². The fourth-order valence-corrected chi connectivity index (χ4v) is 6.79. The molecule has 0 radical (unpaired) electrons. The predicted molar refractivity (Wildman–Crippen MR) is 204 cm³/mol. The van der Waals surface area contributed by atoms with Gasteiger partial charge >= 0.3 is 12.1 Å². The van der Waals surface area contributed by atoms with Crippen molar-refractivity contribution in [2.45, 2.75) is 58.3 Å². The Labute approximate surface area is 322 Å². The Bertz CT molecular complexity index is 2020. The molecule has 1 aliphatic rings. The van der Waals surface area contributed by atoms with E-state index < -0.39 is 17.7 Å². The number of amides is 2. The van der Waals surface area contributed by atoms with Gasteiger partial charge in [0.05, 0.1) is 59.3 Å². The summed E-state index contributed by atoms with van der Waals surface area (Å²) in [5, 5.41) is 15.7. The van der Waals surface area contributed by atoms with Crippen LogP contribution in [0.5, 0.6) is 11.6 Å². The lowest BCUT2D eigenvalue weighted by molar-refractivity contribution is -0.136. The number of nitrogens with zero attached hydrogens (tertiary/aromatic N) is 3. The maximum Gasteiger partial charge on any atom is 0.410 e. The van der Waals surface area contributed by atoms with E-state index in [9.17, 15) is 14.4 Å². The highest BCUT2D eigenvalue weighted by Gasteiger charge is 2.30. The van der Waals surface area contributed by atoms with Crippen molar-refractivity contribution in [1.29, 1.82) is 0 Å². The van der Waals surface area contributed by atoms with Gasteiger partial charge in [0.25, 0.3) is 0 Å². The topological polar surface area (TPSA) is 152 Å². The fourth-order valence-electron chi connectivity index (χ4n) is 5.90. The summed E-state index contributed by atoms with van der Waals surface area (Å²) in [6.07, 6.45) is 2.05. The van der Waals surface area contributed by atoms with E-state index in [0.29, 0.717) is 74.4 Å². The maximum absolute atomic E-state index is 13.3. The van der Waals surface area contributed by atoms with Gasteiger partial charge in [0.15, 0.2) is 0 Å². The molecule has 4 aromatic rings. The van der Waals surface area contributed by atoms with Gasteiger partial charge in [-0.1, -0.05) is 65.1 Å². The Morgan fingerprint density at radius 3 is 2.42 bits per heavy atom. The first-order valence-electron chi connectivity index (χ1n) is 16.7. The molecule has 2 aromatic heterocycles. The molecule has 0 unspecified atom stereocenters. The van der Waals surface area contributed by atoms with Gasteiger partial charge in [-0.05, 0) is 45.4 Å². The van der Waals surface area contributed by atoms with E-state index in [1.54, 1.807) is 51.2 Å². The van der Waals surface area contributed by atoms with Crippen LogP contribution >= 0.6 is 34.8 Å². The summed E-state index contributed by atoms with van der Waals surface area (Å²) in [5.74, 6) is -0.287. The molecule has 1 saturated heterocycles. The number of halogens is 3. The average molecular weight is 785 g/mol. The Kier molecular flexibility index (Phi) is 12.7. The number of nitrogens with one attached hydrogen (secondary N) is 2. The van der Waals surface area contributed by atoms with Crippen LogP contribution in [0.1, 0.15) is 44.7 Å². The third-order valence-electron chi connectivity index (χ3n) is 8.36. The van der Waals surface area contributed by atoms with Crippen LogP contribution in [0.25, 0.3) is 33.6 Å². The van der Waals surface area contributed by atoms with Gasteiger partial charge in [-0.15, -0.1) is 0 Å². The maximum atomic E-state index is 13.3. The normalized spacial score (nSPS) is 14.1. The molecule has 3 heterocycles. The van der Waals surface area contributed by atoms with Crippen molar-refractivity contribution in [2.75, 3.05) is 27.3 Å². The van der Waals surface area contributed by atoms with Crippen LogP contribution in [0.3, 0.4) is 0 Å². The van der Waals surface area contributed by atoms with E-state index in [0.717, 1.165) is 5.56 Å². The van der Waals surface area contributed by atoms with E-state index in [2.05, 4.69) is 15.6 Å². The van der Waals surface area contributed by atoms with Crippen molar-refractivity contribution in [3.8, 4) is 45.3 Å². The second kappa shape index (κ2) is 17.0. The van der Waals surface area contributed by atoms with Gasteiger partial charge in [0, 0.05) is 59.6 Å². The van der Waals surface area contributed by atoms with Crippen molar-refractivity contribution in [3.63, 3.8) is 0 Å². The molecule has 1 atom stereocenters. The van der Waals surface area contributed by atoms with Gasteiger partial charge in [-0.3, -0.25) is 14.6 Å². The SMILES string of the molecule is COc1cc(-c2nccc(-c3cccc(-c4cc(Cl)c(CN(C[C@@H]5CCC(=O)N5)C(=O)OC(C)(C)C)c(OC)n4)c3Cl)c2Cl)ccc1CNCC(=O)O. The summed E-state index contributed by atoms with van der Waals surface area (Å²) in [7, 11) is 3.00. The first-order valence-corrected chi connectivity index (χ1v) is 17.9. The number of carbonyl (C=O) groups is 3. The highest BCUT2D eigenvalue weighted by molar-refractivity contribution is 6.39. The Balaban J connectivity index is 1.47. The Morgan fingerprint density at radius 1 is 1.02 bits per heavy atom.